The van der Waals surface area contributed by atoms with Crippen LogP contribution in [0.15, 0.2) is 18.2 Å². The first-order valence-electron chi connectivity index (χ1n) is 6.29. The lowest BCUT2D eigenvalue weighted by Gasteiger charge is -2.25. The fourth-order valence-corrected chi connectivity index (χ4v) is 1.67. The molecule has 0 saturated heterocycles. The minimum atomic E-state index is -4.57. The highest BCUT2D eigenvalue weighted by atomic mass is 19.4. The van der Waals surface area contributed by atoms with Gasteiger partial charge in [-0.1, -0.05) is 6.92 Å². The van der Waals surface area contributed by atoms with Gasteiger partial charge in [-0.15, -0.1) is 0 Å². The lowest BCUT2D eigenvalue weighted by atomic mass is 10.0. The summed E-state index contributed by atoms with van der Waals surface area (Å²) in [5.74, 6) is -0.809. The van der Waals surface area contributed by atoms with Crippen LogP contribution < -0.4 is 10.1 Å². The van der Waals surface area contributed by atoms with E-state index < -0.39 is 23.2 Å². The van der Waals surface area contributed by atoms with Crippen molar-refractivity contribution in [3.63, 3.8) is 0 Å². The maximum atomic E-state index is 12.9. The first-order chi connectivity index (χ1) is 9.67. The quantitative estimate of drug-likeness (QED) is 0.906. The lowest BCUT2D eigenvalue weighted by molar-refractivity contribution is -0.139. The molecule has 1 amide bonds. The molecular weight excluding hydrogens is 287 g/mol. The Morgan fingerprint density at radius 2 is 1.90 bits per heavy atom. The van der Waals surface area contributed by atoms with Crippen LogP contribution in [0.1, 0.15) is 25.8 Å². The van der Waals surface area contributed by atoms with Crippen LogP contribution in [0.3, 0.4) is 0 Å². The third-order valence-electron chi connectivity index (χ3n) is 3.37. The van der Waals surface area contributed by atoms with E-state index in [0.29, 0.717) is 6.42 Å². The SMILES string of the molecule is CC[C@](C)(OC)C(=O)Nc1ccc(OC)c(C(F)(F)F)c1. The first kappa shape index (κ1) is 17.3. The molecule has 1 rings (SSSR count). The third kappa shape index (κ3) is 3.87. The Morgan fingerprint density at radius 3 is 2.33 bits per heavy atom. The molecule has 0 heterocycles. The fourth-order valence-electron chi connectivity index (χ4n) is 1.67. The van der Waals surface area contributed by atoms with Crippen molar-refractivity contribution in [2.75, 3.05) is 19.5 Å². The molecule has 0 fully saturated rings. The number of benzene rings is 1. The second kappa shape index (κ2) is 6.34. The van der Waals surface area contributed by atoms with E-state index in [9.17, 15) is 18.0 Å². The molecule has 0 aliphatic carbocycles. The Morgan fingerprint density at radius 1 is 1.29 bits per heavy atom. The Bertz CT molecular complexity index is 511. The van der Waals surface area contributed by atoms with Crippen molar-refractivity contribution in [3.8, 4) is 5.75 Å². The van der Waals surface area contributed by atoms with Crippen molar-refractivity contribution >= 4 is 11.6 Å². The second-order valence-corrected chi connectivity index (χ2v) is 4.66. The van der Waals surface area contributed by atoms with Crippen molar-refractivity contribution < 1.29 is 27.4 Å². The van der Waals surface area contributed by atoms with Crippen molar-refractivity contribution in [2.24, 2.45) is 0 Å². The molecule has 0 unspecified atom stereocenters. The van der Waals surface area contributed by atoms with E-state index >= 15 is 0 Å². The van der Waals surface area contributed by atoms with E-state index in [-0.39, 0.29) is 11.4 Å². The molecule has 0 aliphatic heterocycles. The third-order valence-corrected chi connectivity index (χ3v) is 3.37. The number of nitrogens with one attached hydrogen (secondary N) is 1. The number of carbonyl (C=O) groups excluding carboxylic acids is 1. The summed E-state index contributed by atoms with van der Waals surface area (Å²) in [6, 6.07) is 3.34. The zero-order valence-corrected chi connectivity index (χ0v) is 12.3. The molecule has 1 atom stereocenters. The number of methoxy groups -OCH3 is 2. The smallest absolute Gasteiger partial charge is 0.420 e. The van der Waals surface area contributed by atoms with Gasteiger partial charge in [-0.3, -0.25) is 4.79 Å². The lowest BCUT2D eigenvalue weighted by Crippen LogP contribution is -2.41. The molecule has 0 aliphatic rings. The highest BCUT2D eigenvalue weighted by molar-refractivity contribution is 5.97. The highest BCUT2D eigenvalue weighted by Gasteiger charge is 2.35. The van der Waals surface area contributed by atoms with Gasteiger partial charge < -0.3 is 14.8 Å². The minimum Gasteiger partial charge on any atom is -0.496 e. The molecule has 0 spiro atoms. The zero-order valence-electron chi connectivity index (χ0n) is 12.3. The van der Waals surface area contributed by atoms with Gasteiger partial charge in [0.1, 0.15) is 11.4 Å². The van der Waals surface area contributed by atoms with Gasteiger partial charge in [-0.2, -0.15) is 13.2 Å². The Balaban J connectivity index is 3.09. The van der Waals surface area contributed by atoms with Crippen LogP contribution in [0.25, 0.3) is 0 Å². The zero-order chi connectivity index (χ0) is 16.3. The predicted octanol–water partition coefficient (Wildman–Crippen LogP) is 3.47. The highest BCUT2D eigenvalue weighted by Crippen LogP contribution is 2.37. The van der Waals surface area contributed by atoms with Crippen LogP contribution in [0.2, 0.25) is 0 Å². The van der Waals surface area contributed by atoms with Crippen molar-refractivity contribution in [1.29, 1.82) is 0 Å². The van der Waals surface area contributed by atoms with Gasteiger partial charge in [0.25, 0.3) is 5.91 Å². The van der Waals surface area contributed by atoms with Gasteiger partial charge in [0.2, 0.25) is 0 Å². The number of ether oxygens (including phenoxy) is 2. The summed E-state index contributed by atoms with van der Waals surface area (Å²) in [6.07, 6.45) is -4.18. The maximum absolute atomic E-state index is 12.9. The van der Waals surface area contributed by atoms with Crippen LogP contribution in [0.4, 0.5) is 18.9 Å². The van der Waals surface area contributed by atoms with Gasteiger partial charge in [-0.25, -0.2) is 0 Å². The number of carbonyl (C=O) groups is 1. The molecule has 0 saturated carbocycles. The number of rotatable bonds is 5. The van der Waals surface area contributed by atoms with Crippen LogP contribution in [-0.2, 0) is 15.7 Å². The summed E-state index contributed by atoms with van der Waals surface area (Å²) in [4.78, 5) is 12.1. The average Bonchev–Trinajstić information content (AvgIpc) is 2.45. The number of hydrogen-bond donors (Lipinski definition) is 1. The van der Waals surface area contributed by atoms with E-state index in [2.05, 4.69) is 10.1 Å². The number of halogens is 3. The van der Waals surface area contributed by atoms with Crippen LogP contribution in [-0.4, -0.2) is 25.7 Å². The average molecular weight is 305 g/mol. The molecule has 7 heteroatoms. The second-order valence-electron chi connectivity index (χ2n) is 4.66. The Labute approximate surface area is 121 Å². The number of hydrogen-bond acceptors (Lipinski definition) is 3. The van der Waals surface area contributed by atoms with Crippen molar-refractivity contribution in [2.45, 2.75) is 32.0 Å². The van der Waals surface area contributed by atoms with Gasteiger partial charge in [-0.05, 0) is 31.5 Å². The van der Waals surface area contributed by atoms with E-state index in [4.69, 9.17) is 4.74 Å². The summed E-state index contributed by atoms with van der Waals surface area (Å²) in [6.45, 7) is 3.31. The van der Waals surface area contributed by atoms with Gasteiger partial charge >= 0.3 is 6.18 Å². The molecule has 0 bridgehead atoms. The van der Waals surface area contributed by atoms with Crippen LogP contribution in [0, 0.1) is 0 Å². The number of alkyl halides is 3. The van der Waals surface area contributed by atoms with Crippen molar-refractivity contribution in [1.82, 2.24) is 0 Å². The summed E-state index contributed by atoms with van der Waals surface area (Å²) in [7, 11) is 2.53. The van der Waals surface area contributed by atoms with Crippen molar-refractivity contribution in [3.05, 3.63) is 23.8 Å². The maximum Gasteiger partial charge on any atom is 0.420 e. The van der Waals surface area contributed by atoms with Gasteiger partial charge in [0.05, 0.1) is 12.7 Å². The Hall–Kier alpha value is -1.76. The van der Waals surface area contributed by atoms with E-state index in [1.54, 1.807) is 13.8 Å². The summed E-state index contributed by atoms with van der Waals surface area (Å²) < 4.78 is 48.5. The predicted molar refractivity (Wildman–Crippen MR) is 72.3 cm³/mol. The normalized spacial score (nSPS) is 14.4. The monoisotopic (exact) mass is 305 g/mol. The molecule has 1 aromatic rings. The van der Waals surface area contributed by atoms with Crippen LogP contribution >= 0.6 is 0 Å². The standard InChI is InChI=1S/C14H18F3NO3/c1-5-13(2,21-4)12(19)18-9-6-7-11(20-3)10(8-9)14(15,16)17/h6-8H,5H2,1-4H3,(H,18,19)/t13-/m0/s1. The number of anilines is 1. The topological polar surface area (TPSA) is 47.6 Å². The molecule has 1 N–H and O–H groups in total. The molecule has 118 valence electrons. The summed E-state index contributed by atoms with van der Waals surface area (Å²) in [5, 5.41) is 2.43. The first-order valence-corrected chi connectivity index (χ1v) is 6.29. The minimum absolute atomic E-state index is 0.0323. The van der Waals surface area contributed by atoms with Crippen LogP contribution in [0.5, 0.6) is 5.75 Å². The van der Waals surface area contributed by atoms with E-state index in [0.717, 1.165) is 19.2 Å². The Kier molecular flexibility index (Phi) is 5.22. The molecule has 0 aromatic heterocycles. The molecule has 21 heavy (non-hydrogen) atoms. The van der Waals surface area contributed by atoms with E-state index in [1.165, 1.54) is 13.2 Å². The van der Waals surface area contributed by atoms with E-state index in [1.807, 2.05) is 0 Å². The number of amides is 1. The largest absolute Gasteiger partial charge is 0.496 e. The molecule has 4 nitrogen and oxygen atoms in total. The molecule has 0 radical (unpaired) electrons. The van der Waals surface area contributed by atoms with Gasteiger partial charge in [0.15, 0.2) is 0 Å². The van der Waals surface area contributed by atoms with Gasteiger partial charge in [0, 0.05) is 12.8 Å². The fraction of sp³-hybridized carbons (Fsp3) is 0.500. The summed E-state index contributed by atoms with van der Waals surface area (Å²) >= 11 is 0. The molecule has 1 aromatic carbocycles. The summed E-state index contributed by atoms with van der Waals surface area (Å²) in [5.41, 5.74) is -2.01. The molecular formula is C14H18F3NO3.